The van der Waals surface area contributed by atoms with Gasteiger partial charge in [-0.1, -0.05) is 11.8 Å². The molecule has 0 spiro atoms. The summed E-state index contributed by atoms with van der Waals surface area (Å²) in [5.74, 6) is -1.12. The molecule has 0 atom stereocenters. The third-order valence-electron chi connectivity index (χ3n) is 1.40. The summed E-state index contributed by atoms with van der Waals surface area (Å²) in [4.78, 5) is 32.9. The zero-order chi connectivity index (χ0) is 11.3. The SMILES string of the molecule is CC(=O)SCC(=O)NC(=O)c1ccco1. The molecule has 2 amide bonds. The van der Waals surface area contributed by atoms with Gasteiger partial charge in [0.15, 0.2) is 10.9 Å². The van der Waals surface area contributed by atoms with Crippen molar-refractivity contribution in [2.24, 2.45) is 0 Å². The number of hydrogen-bond acceptors (Lipinski definition) is 5. The van der Waals surface area contributed by atoms with Crippen LogP contribution in [0.25, 0.3) is 0 Å². The summed E-state index contributed by atoms with van der Waals surface area (Å²) in [6.07, 6.45) is 1.34. The van der Waals surface area contributed by atoms with Crippen LogP contribution in [0, 0.1) is 0 Å². The summed E-state index contributed by atoms with van der Waals surface area (Å²) in [6.45, 7) is 1.35. The van der Waals surface area contributed by atoms with Crippen molar-refractivity contribution in [3.63, 3.8) is 0 Å². The van der Waals surface area contributed by atoms with Crippen LogP contribution in [0.2, 0.25) is 0 Å². The van der Waals surface area contributed by atoms with Gasteiger partial charge in [0.1, 0.15) is 0 Å². The Hall–Kier alpha value is -1.56. The molecule has 0 saturated heterocycles. The highest BCUT2D eigenvalue weighted by Gasteiger charge is 2.12. The van der Waals surface area contributed by atoms with Gasteiger partial charge in [0.25, 0.3) is 5.91 Å². The third-order valence-corrected chi connectivity index (χ3v) is 2.22. The van der Waals surface area contributed by atoms with Gasteiger partial charge in [-0.25, -0.2) is 0 Å². The number of rotatable bonds is 3. The number of carbonyl (C=O) groups excluding carboxylic acids is 3. The molecule has 1 rings (SSSR count). The average Bonchev–Trinajstić information content (AvgIpc) is 2.67. The van der Waals surface area contributed by atoms with E-state index in [2.05, 4.69) is 5.32 Å². The largest absolute Gasteiger partial charge is 0.459 e. The van der Waals surface area contributed by atoms with Crippen LogP contribution in [0.5, 0.6) is 0 Å². The summed E-state index contributed by atoms with van der Waals surface area (Å²) in [6, 6.07) is 2.99. The van der Waals surface area contributed by atoms with E-state index >= 15 is 0 Å². The zero-order valence-electron chi connectivity index (χ0n) is 7.98. The van der Waals surface area contributed by atoms with Crippen LogP contribution < -0.4 is 5.32 Å². The highest BCUT2D eigenvalue weighted by molar-refractivity contribution is 8.14. The molecule has 6 heteroatoms. The van der Waals surface area contributed by atoms with Crippen molar-refractivity contribution in [2.45, 2.75) is 6.92 Å². The molecule has 1 aromatic heterocycles. The van der Waals surface area contributed by atoms with E-state index in [1.165, 1.54) is 19.3 Å². The van der Waals surface area contributed by atoms with E-state index in [0.717, 1.165) is 11.8 Å². The topological polar surface area (TPSA) is 76.4 Å². The van der Waals surface area contributed by atoms with Crippen LogP contribution >= 0.6 is 11.8 Å². The van der Waals surface area contributed by atoms with Gasteiger partial charge in [0, 0.05) is 6.92 Å². The fourth-order valence-corrected chi connectivity index (χ4v) is 1.21. The van der Waals surface area contributed by atoms with Crippen molar-refractivity contribution in [1.82, 2.24) is 5.32 Å². The lowest BCUT2D eigenvalue weighted by Crippen LogP contribution is -2.31. The van der Waals surface area contributed by atoms with Gasteiger partial charge in [0.2, 0.25) is 5.91 Å². The van der Waals surface area contributed by atoms with Gasteiger partial charge in [-0.2, -0.15) is 0 Å². The van der Waals surface area contributed by atoms with E-state index in [4.69, 9.17) is 4.42 Å². The maximum atomic E-state index is 11.2. The Balaban J connectivity index is 2.39. The normalized spacial score (nSPS) is 9.67. The molecule has 0 aliphatic heterocycles. The van der Waals surface area contributed by atoms with E-state index in [9.17, 15) is 14.4 Å². The van der Waals surface area contributed by atoms with Crippen LogP contribution in [-0.2, 0) is 9.59 Å². The first kappa shape index (κ1) is 11.5. The van der Waals surface area contributed by atoms with Crippen molar-refractivity contribution in [1.29, 1.82) is 0 Å². The highest BCUT2D eigenvalue weighted by Crippen LogP contribution is 2.02. The molecule has 0 aromatic carbocycles. The highest BCUT2D eigenvalue weighted by atomic mass is 32.2. The van der Waals surface area contributed by atoms with E-state index in [1.54, 1.807) is 6.07 Å². The fourth-order valence-electron chi connectivity index (χ4n) is 0.799. The monoisotopic (exact) mass is 227 g/mol. The molecule has 0 bridgehead atoms. The summed E-state index contributed by atoms with van der Waals surface area (Å²) < 4.78 is 4.78. The van der Waals surface area contributed by atoms with E-state index in [1.807, 2.05) is 0 Å². The van der Waals surface area contributed by atoms with Gasteiger partial charge < -0.3 is 4.42 Å². The van der Waals surface area contributed by atoms with Gasteiger partial charge in [-0.05, 0) is 12.1 Å². The number of imide groups is 1. The van der Waals surface area contributed by atoms with Crippen LogP contribution in [0.4, 0.5) is 0 Å². The van der Waals surface area contributed by atoms with E-state index in [-0.39, 0.29) is 16.6 Å². The Kier molecular flexibility index (Phi) is 4.11. The lowest BCUT2D eigenvalue weighted by molar-refractivity contribution is -0.118. The van der Waals surface area contributed by atoms with Crippen LogP contribution in [0.3, 0.4) is 0 Å². The van der Waals surface area contributed by atoms with Gasteiger partial charge >= 0.3 is 0 Å². The van der Waals surface area contributed by atoms with E-state index < -0.39 is 11.8 Å². The second kappa shape index (κ2) is 5.35. The molecule has 0 saturated carbocycles. The molecule has 1 aromatic rings. The lowest BCUT2D eigenvalue weighted by Gasteiger charge is -1.99. The third kappa shape index (κ3) is 3.99. The van der Waals surface area contributed by atoms with Crippen molar-refractivity contribution in [3.8, 4) is 0 Å². The number of amides is 2. The number of thioether (sulfide) groups is 1. The summed E-state index contributed by atoms with van der Waals surface area (Å²) in [7, 11) is 0. The Morgan fingerprint density at radius 2 is 2.20 bits per heavy atom. The molecular formula is C9H9NO4S. The number of furan rings is 1. The smallest absolute Gasteiger partial charge is 0.293 e. The first-order chi connectivity index (χ1) is 7.09. The van der Waals surface area contributed by atoms with Crippen molar-refractivity contribution < 1.29 is 18.8 Å². The molecule has 1 heterocycles. The zero-order valence-corrected chi connectivity index (χ0v) is 8.80. The Bertz CT molecular complexity index is 371. The second-order valence-corrected chi connectivity index (χ2v) is 3.79. The summed E-state index contributed by atoms with van der Waals surface area (Å²) >= 11 is 0.845. The standard InChI is InChI=1S/C9H9NO4S/c1-6(11)15-5-8(12)10-9(13)7-3-2-4-14-7/h2-4H,5H2,1H3,(H,10,12,13). The number of hydrogen-bond donors (Lipinski definition) is 1. The van der Waals surface area contributed by atoms with E-state index in [0.29, 0.717) is 0 Å². The van der Waals surface area contributed by atoms with Crippen molar-refractivity contribution in [3.05, 3.63) is 24.2 Å². The minimum Gasteiger partial charge on any atom is -0.459 e. The summed E-state index contributed by atoms with van der Waals surface area (Å²) in [5, 5.41) is 1.92. The Morgan fingerprint density at radius 1 is 1.47 bits per heavy atom. The van der Waals surface area contributed by atoms with Crippen molar-refractivity contribution in [2.75, 3.05) is 5.75 Å². The Morgan fingerprint density at radius 3 is 2.73 bits per heavy atom. The van der Waals surface area contributed by atoms with Crippen LogP contribution in [0.1, 0.15) is 17.5 Å². The molecule has 80 valence electrons. The minimum atomic E-state index is -0.603. The number of nitrogens with one attached hydrogen (secondary N) is 1. The summed E-state index contributed by atoms with van der Waals surface area (Å²) in [5.41, 5.74) is 0. The van der Waals surface area contributed by atoms with Crippen molar-refractivity contribution >= 4 is 28.7 Å². The first-order valence-electron chi connectivity index (χ1n) is 4.10. The molecule has 0 unspecified atom stereocenters. The molecule has 0 fully saturated rings. The molecule has 0 aliphatic carbocycles. The molecular weight excluding hydrogens is 218 g/mol. The molecule has 0 aliphatic rings. The molecule has 0 radical (unpaired) electrons. The second-order valence-electron chi connectivity index (χ2n) is 2.63. The Labute approximate surface area is 90.2 Å². The lowest BCUT2D eigenvalue weighted by atomic mass is 10.4. The van der Waals surface area contributed by atoms with Gasteiger partial charge in [-0.15, -0.1) is 0 Å². The van der Waals surface area contributed by atoms with Crippen LogP contribution in [-0.4, -0.2) is 22.7 Å². The molecule has 1 N–H and O–H groups in total. The maximum Gasteiger partial charge on any atom is 0.293 e. The van der Waals surface area contributed by atoms with Crippen LogP contribution in [0.15, 0.2) is 22.8 Å². The predicted molar refractivity (Wildman–Crippen MR) is 54.3 cm³/mol. The molecule has 15 heavy (non-hydrogen) atoms. The average molecular weight is 227 g/mol. The molecule has 5 nitrogen and oxygen atoms in total. The predicted octanol–water partition coefficient (Wildman–Crippen LogP) is 0.816. The maximum absolute atomic E-state index is 11.2. The minimum absolute atomic E-state index is 0.0659. The number of carbonyl (C=O) groups is 3. The van der Waals surface area contributed by atoms with Gasteiger partial charge in [-0.3, -0.25) is 19.7 Å². The van der Waals surface area contributed by atoms with Gasteiger partial charge in [0.05, 0.1) is 12.0 Å². The quantitative estimate of drug-likeness (QED) is 0.827. The fraction of sp³-hybridized carbons (Fsp3) is 0.222. The first-order valence-corrected chi connectivity index (χ1v) is 5.09.